The number of benzene rings is 1. The molecular weight excluding hydrogens is 436 g/mol. The monoisotopic (exact) mass is 462 g/mol. The summed E-state index contributed by atoms with van der Waals surface area (Å²) >= 11 is 0. The molecule has 9 heteroatoms. The van der Waals surface area contributed by atoms with Crippen LogP contribution in [0.25, 0.3) is 5.57 Å². The van der Waals surface area contributed by atoms with Gasteiger partial charge in [0, 0.05) is 48.7 Å². The molecule has 3 heterocycles. The van der Waals surface area contributed by atoms with E-state index >= 15 is 0 Å². The summed E-state index contributed by atoms with van der Waals surface area (Å²) in [6, 6.07) is 10.1. The van der Waals surface area contributed by atoms with Crippen molar-refractivity contribution in [2.24, 2.45) is 15.1 Å². The van der Waals surface area contributed by atoms with Gasteiger partial charge >= 0.3 is 0 Å². The number of sulfonamides is 1. The van der Waals surface area contributed by atoms with Crippen molar-refractivity contribution in [1.82, 2.24) is 4.98 Å². The fourth-order valence-electron chi connectivity index (χ4n) is 3.61. The number of nitrogens with zero attached hydrogens (tertiary/aromatic N) is 4. The van der Waals surface area contributed by atoms with Crippen molar-refractivity contribution in [3.8, 4) is 0 Å². The van der Waals surface area contributed by atoms with Crippen LogP contribution >= 0.6 is 0 Å². The number of primary sulfonamides is 1. The maximum atomic E-state index is 11.5. The minimum absolute atomic E-state index is 0.0362. The normalized spacial score (nSPS) is 22.1. The Balaban J connectivity index is 1.57. The number of aliphatic imine (C=N–C) groups is 2. The summed E-state index contributed by atoms with van der Waals surface area (Å²) in [6.45, 7) is 6.23. The molecule has 8 nitrogen and oxygen atoms in total. The molecule has 0 saturated carbocycles. The number of hydrogen-bond acceptors (Lipinski definition) is 7. The fourth-order valence-corrected chi connectivity index (χ4v) is 4.13. The summed E-state index contributed by atoms with van der Waals surface area (Å²) in [4.78, 5) is 16.0. The highest BCUT2D eigenvalue weighted by molar-refractivity contribution is 7.89. The van der Waals surface area contributed by atoms with Crippen molar-refractivity contribution in [2.75, 3.05) is 23.3 Å². The predicted octanol–water partition coefficient (Wildman–Crippen LogP) is 3.73. The lowest BCUT2D eigenvalue weighted by Crippen LogP contribution is -2.18. The number of aromatic nitrogens is 1. The van der Waals surface area contributed by atoms with Gasteiger partial charge in [0.1, 0.15) is 5.82 Å². The van der Waals surface area contributed by atoms with Crippen molar-refractivity contribution in [1.29, 1.82) is 0 Å². The highest BCUT2D eigenvalue weighted by atomic mass is 32.2. The first-order valence-corrected chi connectivity index (χ1v) is 12.2. The van der Waals surface area contributed by atoms with Gasteiger partial charge in [-0.15, -0.1) is 0 Å². The van der Waals surface area contributed by atoms with E-state index in [2.05, 4.69) is 31.8 Å². The molecule has 1 aromatic carbocycles. The van der Waals surface area contributed by atoms with Gasteiger partial charge in [0.25, 0.3) is 0 Å². The van der Waals surface area contributed by atoms with E-state index in [9.17, 15) is 8.42 Å². The Bertz CT molecular complexity index is 1240. The SMILES string of the molecule is C=C1/N=C(Nc2ccc(S(N)(=O)=O)cc2)\N=C/C/C=C\C=C/1c1ccc(N2CCCC2)nc1. The predicted molar refractivity (Wildman–Crippen MR) is 134 cm³/mol. The lowest BCUT2D eigenvalue weighted by molar-refractivity contribution is 0.598. The molecule has 1 aromatic heterocycles. The van der Waals surface area contributed by atoms with Crippen molar-refractivity contribution < 1.29 is 8.42 Å². The number of pyridine rings is 1. The maximum Gasteiger partial charge on any atom is 0.238 e. The van der Waals surface area contributed by atoms with Gasteiger partial charge in [-0.1, -0.05) is 24.8 Å². The molecule has 3 N–H and O–H groups in total. The molecule has 0 spiro atoms. The smallest absolute Gasteiger partial charge is 0.238 e. The third kappa shape index (κ3) is 5.82. The quantitative estimate of drug-likeness (QED) is 0.719. The first kappa shape index (κ1) is 22.6. The van der Waals surface area contributed by atoms with Crippen molar-refractivity contribution >= 4 is 39.3 Å². The molecule has 33 heavy (non-hydrogen) atoms. The van der Waals surface area contributed by atoms with Gasteiger partial charge in [0.2, 0.25) is 16.0 Å². The Morgan fingerprint density at radius 3 is 2.48 bits per heavy atom. The first-order valence-electron chi connectivity index (χ1n) is 10.7. The van der Waals surface area contributed by atoms with Crippen LogP contribution in [0, 0.1) is 0 Å². The molecule has 0 amide bonds. The average Bonchev–Trinajstić information content (AvgIpc) is 3.33. The molecule has 170 valence electrons. The van der Waals surface area contributed by atoms with Gasteiger partial charge in [-0.2, -0.15) is 0 Å². The molecule has 4 rings (SSSR count). The number of anilines is 2. The average molecular weight is 463 g/mol. The zero-order valence-electron chi connectivity index (χ0n) is 18.2. The highest BCUT2D eigenvalue weighted by Crippen LogP contribution is 2.26. The molecule has 0 unspecified atom stereocenters. The molecule has 0 bridgehead atoms. The summed E-state index contributed by atoms with van der Waals surface area (Å²) in [5.41, 5.74) is 2.91. The van der Waals surface area contributed by atoms with E-state index in [1.807, 2.05) is 36.6 Å². The molecule has 0 radical (unpaired) electrons. The number of guanidine groups is 1. The number of hydrogen-bond donors (Lipinski definition) is 2. The van der Waals surface area contributed by atoms with Crippen LogP contribution < -0.4 is 15.4 Å². The Hall–Kier alpha value is -3.56. The highest BCUT2D eigenvalue weighted by Gasteiger charge is 2.14. The van der Waals surface area contributed by atoms with Crippen LogP contribution in [0.2, 0.25) is 0 Å². The zero-order valence-corrected chi connectivity index (χ0v) is 19.0. The van der Waals surface area contributed by atoms with E-state index in [1.165, 1.54) is 25.0 Å². The lowest BCUT2D eigenvalue weighted by atomic mass is 10.0. The van der Waals surface area contributed by atoms with Gasteiger partial charge in [-0.25, -0.2) is 28.5 Å². The Morgan fingerprint density at radius 1 is 1.06 bits per heavy atom. The van der Waals surface area contributed by atoms with E-state index in [4.69, 9.17) is 5.14 Å². The first-order chi connectivity index (χ1) is 15.9. The van der Waals surface area contributed by atoms with E-state index in [0.717, 1.165) is 30.0 Å². The second kappa shape index (κ2) is 9.93. The van der Waals surface area contributed by atoms with Crippen LogP contribution in [0.4, 0.5) is 11.5 Å². The van der Waals surface area contributed by atoms with E-state index < -0.39 is 10.0 Å². The number of nitrogens with one attached hydrogen (secondary N) is 1. The molecule has 0 atom stereocenters. The second-order valence-corrected chi connectivity index (χ2v) is 9.29. The van der Waals surface area contributed by atoms with Gasteiger partial charge in [0.15, 0.2) is 0 Å². The van der Waals surface area contributed by atoms with Crippen LogP contribution in [0.5, 0.6) is 0 Å². The molecular formula is C24H26N6O2S. The molecule has 2 aliphatic heterocycles. The second-order valence-electron chi connectivity index (χ2n) is 7.73. The van der Waals surface area contributed by atoms with Gasteiger partial charge in [-0.3, -0.25) is 0 Å². The van der Waals surface area contributed by atoms with Gasteiger partial charge in [0.05, 0.1) is 10.6 Å². The number of allylic oxidation sites excluding steroid dienone is 4. The molecule has 0 aliphatic carbocycles. The maximum absolute atomic E-state index is 11.5. The largest absolute Gasteiger partial charge is 0.357 e. The number of rotatable bonds is 4. The third-order valence-electron chi connectivity index (χ3n) is 5.33. The fraction of sp³-hybridized carbons (Fsp3) is 0.208. The van der Waals surface area contributed by atoms with E-state index in [1.54, 1.807) is 18.3 Å². The zero-order chi connectivity index (χ0) is 23.3. The van der Waals surface area contributed by atoms with Gasteiger partial charge < -0.3 is 10.2 Å². The minimum Gasteiger partial charge on any atom is -0.357 e. The molecule has 1 fully saturated rings. The molecule has 2 aliphatic rings. The van der Waals surface area contributed by atoms with Crippen LogP contribution in [0.1, 0.15) is 24.8 Å². The van der Waals surface area contributed by atoms with Crippen molar-refractivity contribution in [3.63, 3.8) is 0 Å². The summed E-state index contributed by atoms with van der Waals surface area (Å²) in [7, 11) is -3.75. The Labute approximate surface area is 194 Å². The van der Waals surface area contributed by atoms with Crippen LogP contribution in [-0.2, 0) is 10.0 Å². The van der Waals surface area contributed by atoms with Gasteiger partial charge in [-0.05, 0) is 49.2 Å². The van der Waals surface area contributed by atoms with Crippen molar-refractivity contribution in [3.05, 3.63) is 78.7 Å². The molecule has 2 aromatic rings. The van der Waals surface area contributed by atoms with E-state index in [-0.39, 0.29) is 4.90 Å². The summed E-state index contributed by atoms with van der Waals surface area (Å²) < 4.78 is 23.0. The van der Waals surface area contributed by atoms with E-state index in [0.29, 0.717) is 23.8 Å². The topological polar surface area (TPSA) is 113 Å². The minimum atomic E-state index is -3.75. The number of nitrogens with two attached hydrogens (primary N) is 1. The standard InChI is InChI=1S/C24H26N6O2S/c1-18-22(19-8-13-23(27-17-19)30-15-5-6-16-30)7-3-2-4-14-26-24(28-18)29-20-9-11-21(12-10-20)33(25,31)32/h2-3,7-14,17H,1,4-6,15-16H2,(H,28,29)(H2,25,31,32)/b3-2-,22-7+,26-14-. The van der Waals surface area contributed by atoms with Crippen LogP contribution in [0.3, 0.4) is 0 Å². The van der Waals surface area contributed by atoms with Crippen LogP contribution in [-0.4, -0.2) is 38.7 Å². The summed E-state index contributed by atoms with van der Waals surface area (Å²) in [6.07, 6.45) is 12.5. The summed E-state index contributed by atoms with van der Waals surface area (Å²) in [5, 5.41) is 8.27. The van der Waals surface area contributed by atoms with Crippen LogP contribution in [0.15, 0.2) is 88.0 Å². The Kier molecular flexibility index (Phi) is 6.81. The van der Waals surface area contributed by atoms with Crippen molar-refractivity contribution in [2.45, 2.75) is 24.2 Å². The summed E-state index contributed by atoms with van der Waals surface area (Å²) in [5.74, 6) is 1.32. The third-order valence-corrected chi connectivity index (χ3v) is 6.26. The molecule has 1 saturated heterocycles. The Morgan fingerprint density at radius 2 is 1.82 bits per heavy atom. The lowest BCUT2D eigenvalue weighted by Gasteiger charge is -2.17.